The van der Waals surface area contributed by atoms with Gasteiger partial charge in [-0.2, -0.15) is 0 Å². The van der Waals surface area contributed by atoms with Gasteiger partial charge in [-0.3, -0.25) is 14.5 Å². The van der Waals surface area contributed by atoms with Crippen molar-refractivity contribution >= 4 is 57.3 Å². The van der Waals surface area contributed by atoms with E-state index in [-0.39, 0.29) is 17.8 Å². The molecule has 1 aliphatic rings. The van der Waals surface area contributed by atoms with Gasteiger partial charge in [0.15, 0.2) is 0 Å². The van der Waals surface area contributed by atoms with Crippen molar-refractivity contribution in [3.8, 4) is 0 Å². The van der Waals surface area contributed by atoms with E-state index in [0.29, 0.717) is 10.8 Å². The maximum atomic E-state index is 12.5. The van der Waals surface area contributed by atoms with Crippen molar-refractivity contribution < 1.29 is 9.59 Å². The number of imide groups is 1. The van der Waals surface area contributed by atoms with Crippen molar-refractivity contribution in [2.45, 2.75) is 19.8 Å². The van der Waals surface area contributed by atoms with Gasteiger partial charge in [0.1, 0.15) is 0 Å². The first-order chi connectivity index (χ1) is 12.4. The van der Waals surface area contributed by atoms with Gasteiger partial charge in [-0.1, -0.05) is 38.1 Å². The zero-order valence-corrected chi connectivity index (χ0v) is 17.5. The Hall–Kier alpha value is -1.80. The molecule has 134 valence electrons. The van der Waals surface area contributed by atoms with Crippen LogP contribution < -0.4 is 5.32 Å². The van der Waals surface area contributed by atoms with Crippen LogP contribution in [0.3, 0.4) is 0 Å². The van der Waals surface area contributed by atoms with Crippen molar-refractivity contribution in [2.24, 2.45) is 0 Å². The number of nitrogens with zero attached hydrogens (tertiary/aromatic N) is 1. The van der Waals surface area contributed by atoms with E-state index in [1.54, 1.807) is 6.08 Å². The van der Waals surface area contributed by atoms with Crippen LogP contribution >= 0.6 is 34.4 Å². The molecule has 2 aromatic carbocycles. The molecule has 0 aromatic heterocycles. The fourth-order valence-electron chi connectivity index (χ4n) is 2.50. The molecule has 4 nitrogen and oxygen atoms in total. The highest BCUT2D eigenvalue weighted by Gasteiger charge is 2.34. The lowest BCUT2D eigenvalue weighted by molar-refractivity contribution is -0.122. The summed E-state index contributed by atoms with van der Waals surface area (Å²) in [7, 11) is 0. The van der Waals surface area contributed by atoms with Crippen LogP contribution in [0.2, 0.25) is 0 Å². The maximum Gasteiger partial charge on any atom is 0.295 e. The molecule has 26 heavy (non-hydrogen) atoms. The molecule has 0 bridgehead atoms. The number of thioether (sulfide) groups is 1. The highest BCUT2D eigenvalue weighted by Crippen LogP contribution is 2.32. The molecule has 1 N–H and O–H groups in total. The van der Waals surface area contributed by atoms with E-state index in [2.05, 4.69) is 53.9 Å². The van der Waals surface area contributed by atoms with E-state index in [1.807, 2.05) is 36.4 Å². The van der Waals surface area contributed by atoms with Crippen molar-refractivity contribution in [3.63, 3.8) is 0 Å². The Morgan fingerprint density at radius 2 is 1.73 bits per heavy atom. The molecule has 1 aliphatic heterocycles. The molecular formula is C20H19IN2O2S. The number of benzene rings is 2. The molecule has 0 unspecified atom stereocenters. The minimum atomic E-state index is -0.258. The molecule has 6 heteroatoms. The quantitative estimate of drug-likeness (QED) is 0.454. The van der Waals surface area contributed by atoms with Crippen LogP contribution in [-0.4, -0.2) is 22.7 Å². The predicted molar refractivity (Wildman–Crippen MR) is 116 cm³/mol. The number of nitrogens with one attached hydrogen (secondary N) is 1. The third kappa shape index (κ3) is 4.48. The average molecular weight is 478 g/mol. The minimum Gasteiger partial charge on any atom is -0.367 e. The lowest BCUT2D eigenvalue weighted by Crippen LogP contribution is -2.33. The Bertz CT molecular complexity index is 845. The summed E-state index contributed by atoms with van der Waals surface area (Å²) in [6.07, 6.45) is 1.78. The molecule has 1 saturated heterocycles. The zero-order chi connectivity index (χ0) is 18.7. The smallest absolute Gasteiger partial charge is 0.295 e. The molecule has 0 aliphatic carbocycles. The molecule has 3 rings (SSSR count). The van der Waals surface area contributed by atoms with Gasteiger partial charge in [-0.25, -0.2) is 0 Å². The lowest BCUT2D eigenvalue weighted by Gasteiger charge is -2.14. The summed E-state index contributed by atoms with van der Waals surface area (Å²) in [6, 6.07) is 15.9. The number of halogens is 1. The first-order valence-electron chi connectivity index (χ1n) is 8.29. The molecule has 0 atom stereocenters. The third-order valence-corrected chi connectivity index (χ3v) is 5.69. The van der Waals surface area contributed by atoms with E-state index in [0.717, 1.165) is 26.6 Å². The SMILES string of the molecule is CC(C)c1ccc(/C=C2\SC(=O)N(CNc3ccc(I)cc3)C2=O)cc1. The van der Waals surface area contributed by atoms with Crippen molar-refractivity contribution in [1.82, 2.24) is 4.90 Å². The Morgan fingerprint density at radius 3 is 2.35 bits per heavy atom. The van der Waals surface area contributed by atoms with Crippen LogP contribution in [0, 0.1) is 3.57 Å². The van der Waals surface area contributed by atoms with E-state index >= 15 is 0 Å². The molecular weight excluding hydrogens is 459 g/mol. The topological polar surface area (TPSA) is 49.4 Å². The lowest BCUT2D eigenvalue weighted by atomic mass is 10.0. The summed E-state index contributed by atoms with van der Waals surface area (Å²) in [5.74, 6) is 0.203. The standard InChI is InChI=1S/C20H19IN2O2S/c1-13(2)15-5-3-14(4-6-15)11-18-19(24)23(20(25)26-18)12-22-17-9-7-16(21)8-10-17/h3-11,13,22H,12H2,1-2H3/b18-11-. The second-order valence-corrected chi connectivity index (χ2v) is 8.51. The Balaban J connectivity index is 1.68. The van der Waals surface area contributed by atoms with Crippen LogP contribution in [0.4, 0.5) is 10.5 Å². The molecule has 2 amide bonds. The van der Waals surface area contributed by atoms with Gasteiger partial charge < -0.3 is 5.32 Å². The van der Waals surface area contributed by atoms with Crippen LogP contribution in [0.15, 0.2) is 53.4 Å². The van der Waals surface area contributed by atoms with Gasteiger partial charge in [0, 0.05) is 9.26 Å². The first-order valence-corrected chi connectivity index (χ1v) is 10.2. The van der Waals surface area contributed by atoms with Crippen LogP contribution in [0.5, 0.6) is 0 Å². The Kier molecular flexibility index (Phi) is 6.03. The number of carbonyl (C=O) groups is 2. The third-order valence-electron chi connectivity index (χ3n) is 4.06. The van der Waals surface area contributed by atoms with E-state index in [9.17, 15) is 9.59 Å². The summed E-state index contributed by atoms with van der Waals surface area (Å²) >= 11 is 3.21. The Labute approximate surface area is 171 Å². The van der Waals surface area contributed by atoms with Crippen LogP contribution in [0.1, 0.15) is 30.9 Å². The minimum absolute atomic E-state index is 0.162. The molecule has 2 aromatic rings. The number of rotatable bonds is 5. The first kappa shape index (κ1) is 19.0. The second kappa shape index (κ2) is 8.26. The largest absolute Gasteiger partial charge is 0.367 e. The molecule has 1 fully saturated rings. The fraction of sp³-hybridized carbons (Fsp3) is 0.200. The van der Waals surface area contributed by atoms with Crippen molar-refractivity contribution in [3.05, 3.63) is 68.1 Å². The monoisotopic (exact) mass is 478 g/mol. The highest BCUT2D eigenvalue weighted by atomic mass is 127. The normalized spacial score (nSPS) is 16.0. The van der Waals surface area contributed by atoms with E-state index < -0.39 is 0 Å². The molecule has 0 saturated carbocycles. The number of carbonyl (C=O) groups excluding carboxylic acids is 2. The number of hydrogen-bond acceptors (Lipinski definition) is 4. The molecule has 0 spiro atoms. The summed E-state index contributed by atoms with van der Waals surface area (Å²) in [5.41, 5.74) is 3.04. The van der Waals surface area contributed by atoms with Gasteiger partial charge in [0.2, 0.25) is 0 Å². The summed E-state index contributed by atoms with van der Waals surface area (Å²) < 4.78 is 1.13. The highest BCUT2D eigenvalue weighted by molar-refractivity contribution is 14.1. The van der Waals surface area contributed by atoms with Gasteiger partial charge in [0.05, 0.1) is 11.6 Å². The summed E-state index contributed by atoms with van der Waals surface area (Å²) in [5, 5.41) is 2.87. The average Bonchev–Trinajstić information content (AvgIpc) is 2.88. The zero-order valence-electron chi connectivity index (χ0n) is 14.5. The number of hydrogen-bond donors (Lipinski definition) is 1. The van der Waals surface area contributed by atoms with E-state index in [4.69, 9.17) is 0 Å². The van der Waals surface area contributed by atoms with Gasteiger partial charge in [0.25, 0.3) is 11.1 Å². The van der Waals surface area contributed by atoms with Crippen LogP contribution in [0.25, 0.3) is 6.08 Å². The van der Waals surface area contributed by atoms with Gasteiger partial charge in [-0.05, 0) is 81.7 Å². The summed E-state index contributed by atoms with van der Waals surface area (Å²) in [6.45, 7) is 4.44. The number of amides is 2. The van der Waals surface area contributed by atoms with Gasteiger partial charge >= 0.3 is 0 Å². The van der Waals surface area contributed by atoms with Gasteiger partial charge in [-0.15, -0.1) is 0 Å². The number of anilines is 1. The van der Waals surface area contributed by atoms with E-state index in [1.165, 1.54) is 10.5 Å². The fourth-order valence-corrected chi connectivity index (χ4v) is 3.70. The maximum absolute atomic E-state index is 12.5. The predicted octanol–water partition coefficient (Wildman–Crippen LogP) is 5.52. The molecule has 1 heterocycles. The van der Waals surface area contributed by atoms with Crippen molar-refractivity contribution in [1.29, 1.82) is 0 Å². The summed E-state index contributed by atoms with van der Waals surface area (Å²) in [4.78, 5) is 26.4. The Morgan fingerprint density at radius 1 is 1.08 bits per heavy atom. The second-order valence-electron chi connectivity index (χ2n) is 6.27. The van der Waals surface area contributed by atoms with Crippen molar-refractivity contribution in [2.75, 3.05) is 12.0 Å². The molecule has 0 radical (unpaired) electrons. The van der Waals surface area contributed by atoms with Crippen LogP contribution in [-0.2, 0) is 4.79 Å².